The average Bonchev–Trinajstić information content (AvgIpc) is 2.86. The highest BCUT2D eigenvalue weighted by Gasteiger charge is 2.20. The average molecular weight is 247 g/mol. The van der Waals surface area contributed by atoms with Gasteiger partial charge in [-0.15, -0.1) is 0 Å². The number of oxime groups is 1. The normalized spacial score (nSPS) is 21.4. The molecule has 0 spiro atoms. The maximum absolute atomic E-state index is 8.68. The van der Waals surface area contributed by atoms with Gasteiger partial charge in [-0.05, 0) is 30.5 Å². The van der Waals surface area contributed by atoms with Crippen molar-refractivity contribution >= 4 is 5.84 Å². The highest BCUT2D eigenvalue weighted by Crippen LogP contribution is 2.21. The fourth-order valence-corrected chi connectivity index (χ4v) is 2.53. The van der Waals surface area contributed by atoms with Gasteiger partial charge in [0.05, 0.1) is 0 Å². The van der Waals surface area contributed by atoms with Crippen LogP contribution in [0.3, 0.4) is 0 Å². The molecule has 0 bridgehead atoms. The van der Waals surface area contributed by atoms with Gasteiger partial charge in [0.2, 0.25) is 0 Å². The Bertz CT molecular complexity index is 431. The SMILES string of the molecule is CCC1CCN(Cc2cccc(/C(N)=N/O)c2)C1. The maximum Gasteiger partial charge on any atom is 0.170 e. The quantitative estimate of drug-likeness (QED) is 0.370. The van der Waals surface area contributed by atoms with Gasteiger partial charge >= 0.3 is 0 Å². The van der Waals surface area contributed by atoms with Crippen molar-refractivity contribution in [3.05, 3.63) is 35.4 Å². The molecule has 1 saturated heterocycles. The molecule has 4 nitrogen and oxygen atoms in total. The summed E-state index contributed by atoms with van der Waals surface area (Å²) < 4.78 is 0. The summed E-state index contributed by atoms with van der Waals surface area (Å²) in [7, 11) is 0. The van der Waals surface area contributed by atoms with Gasteiger partial charge in [-0.25, -0.2) is 0 Å². The number of hydrogen-bond donors (Lipinski definition) is 2. The zero-order valence-corrected chi connectivity index (χ0v) is 10.8. The van der Waals surface area contributed by atoms with Crippen molar-refractivity contribution < 1.29 is 5.21 Å². The summed E-state index contributed by atoms with van der Waals surface area (Å²) in [6.45, 7) is 5.56. The van der Waals surface area contributed by atoms with Crippen molar-refractivity contribution in [1.29, 1.82) is 0 Å². The van der Waals surface area contributed by atoms with E-state index in [2.05, 4.69) is 23.0 Å². The smallest absolute Gasteiger partial charge is 0.170 e. The number of amidine groups is 1. The summed E-state index contributed by atoms with van der Waals surface area (Å²) in [5, 5.41) is 11.7. The first kappa shape index (κ1) is 12.9. The van der Waals surface area contributed by atoms with Crippen molar-refractivity contribution in [2.75, 3.05) is 13.1 Å². The van der Waals surface area contributed by atoms with Crippen LogP contribution in [0.4, 0.5) is 0 Å². The highest BCUT2D eigenvalue weighted by atomic mass is 16.4. The van der Waals surface area contributed by atoms with E-state index in [0.29, 0.717) is 0 Å². The molecule has 1 aromatic carbocycles. The standard InChI is InChI=1S/C14H21N3O/c1-2-11-6-7-17(9-11)10-12-4-3-5-13(8-12)14(15)16-18/h3-5,8,11,18H,2,6-7,9-10H2,1H3,(H2,15,16). The fourth-order valence-electron chi connectivity index (χ4n) is 2.53. The van der Waals surface area contributed by atoms with Gasteiger partial charge in [-0.3, -0.25) is 4.90 Å². The molecule has 3 N–H and O–H groups in total. The fraction of sp³-hybridized carbons (Fsp3) is 0.500. The lowest BCUT2D eigenvalue weighted by Crippen LogP contribution is -2.20. The summed E-state index contributed by atoms with van der Waals surface area (Å²) in [4.78, 5) is 2.47. The monoisotopic (exact) mass is 247 g/mol. The first-order valence-corrected chi connectivity index (χ1v) is 6.52. The third-order valence-corrected chi connectivity index (χ3v) is 3.68. The van der Waals surface area contributed by atoms with E-state index >= 15 is 0 Å². The van der Waals surface area contributed by atoms with Crippen molar-refractivity contribution in [3.63, 3.8) is 0 Å². The molecule has 4 heteroatoms. The van der Waals surface area contributed by atoms with E-state index in [1.165, 1.54) is 31.5 Å². The summed E-state index contributed by atoms with van der Waals surface area (Å²) in [6, 6.07) is 7.90. The summed E-state index contributed by atoms with van der Waals surface area (Å²) in [6.07, 6.45) is 2.57. The van der Waals surface area contributed by atoms with Crippen molar-refractivity contribution in [1.82, 2.24) is 4.90 Å². The van der Waals surface area contributed by atoms with E-state index in [-0.39, 0.29) is 5.84 Å². The predicted molar refractivity (Wildman–Crippen MR) is 72.6 cm³/mol. The topological polar surface area (TPSA) is 61.8 Å². The van der Waals surface area contributed by atoms with Gasteiger partial charge < -0.3 is 10.9 Å². The number of benzene rings is 1. The lowest BCUT2D eigenvalue weighted by Gasteiger charge is -2.16. The zero-order valence-electron chi connectivity index (χ0n) is 10.8. The molecule has 0 saturated carbocycles. The molecule has 1 aliphatic heterocycles. The Morgan fingerprint density at radius 3 is 3.06 bits per heavy atom. The van der Waals surface area contributed by atoms with Crippen molar-refractivity contribution in [2.45, 2.75) is 26.3 Å². The van der Waals surface area contributed by atoms with Gasteiger partial charge in [0, 0.05) is 18.7 Å². The molecule has 18 heavy (non-hydrogen) atoms. The third kappa shape index (κ3) is 3.01. The molecular formula is C14H21N3O. The number of rotatable bonds is 4. The Morgan fingerprint density at radius 2 is 2.39 bits per heavy atom. The van der Waals surface area contributed by atoms with Crippen molar-refractivity contribution in [3.8, 4) is 0 Å². The third-order valence-electron chi connectivity index (χ3n) is 3.68. The lowest BCUT2D eigenvalue weighted by molar-refractivity contribution is 0.315. The first-order valence-electron chi connectivity index (χ1n) is 6.52. The first-order chi connectivity index (χ1) is 8.72. The molecule has 0 amide bonds. The second kappa shape index (κ2) is 5.87. The Labute approximate surface area is 108 Å². The van der Waals surface area contributed by atoms with Crippen LogP contribution in [0.15, 0.2) is 29.4 Å². The van der Waals surface area contributed by atoms with Crippen molar-refractivity contribution in [2.24, 2.45) is 16.8 Å². The van der Waals surface area contributed by atoms with Crippen LogP contribution in [0.1, 0.15) is 30.9 Å². The van der Waals surface area contributed by atoms with E-state index in [0.717, 1.165) is 18.0 Å². The highest BCUT2D eigenvalue weighted by molar-refractivity contribution is 5.97. The molecule has 1 heterocycles. The second-order valence-corrected chi connectivity index (χ2v) is 4.98. The minimum absolute atomic E-state index is 0.171. The summed E-state index contributed by atoms with van der Waals surface area (Å²) >= 11 is 0. The Balaban J connectivity index is 2.02. The molecule has 1 atom stereocenters. The number of likely N-dealkylation sites (tertiary alicyclic amines) is 1. The molecule has 2 rings (SSSR count). The number of nitrogens with two attached hydrogens (primary N) is 1. The molecule has 1 aromatic rings. The van der Waals surface area contributed by atoms with E-state index in [1.54, 1.807) is 0 Å². The molecule has 1 aliphatic rings. The molecule has 0 radical (unpaired) electrons. The van der Waals surface area contributed by atoms with Gasteiger partial charge in [-0.2, -0.15) is 0 Å². The Morgan fingerprint density at radius 1 is 1.56 bits per heavy atom. The Hall–Kier alpha value is -1.55. The van der Waals surface area contributed by atoms with Crippen LogP contribution in [-0.2, 0) is 6.54 Å². The van der Waals surface area contributed by atoms with Crippen LogP contribution in [0.25, 0.3) is 0 Å². The van der Waals surface area contributed by atoms with Crippen LogP contribution >= 0.6 is 0 Å². The maximum atomic E-state index is 8.68. The second-order valence-electron chi connectivity index (χ2n) is 4.98. The van der Waals surface area contributed by atoms with E-state index in [1.807, 2.05) is 18.2 Å². The summed E-state index contributed by atoms with van der Waals surface area (Å²) in [5.74, 6) is 1.02. The summed E-state index contributed by atoms with van der Waals surface area (Å²) in [5.41, 5.74) is 7.60. The minimum atomic E-state index is 0.171. The van der Waals surface area contributed by atoms with Gasteiger partial charge in [0.1, 0.15) is 0 Å². The molecule has 0 aliphatic carbocycles. The van der Waals surface area contributed by atoms with Crippen LogP contribution in [0.2, 0.25) is 0 Å². The van der Waals surface area contributed by atoms with E-state index < -0.39 is 0 Å². The molecular weight excluding hydrogens is 226 g/mol. The van der Waals surface area contributed by atoms with E-state index in [4.69, 9.17) is 10.9 Å². The predicted octanol–water partition coefficient (Wildman–Crippen LogP) is 2.01. The number of hydrogen-bond acceptors (Lipinski definition) is 3. The number of nitrogens with zero attached hydrogens (tertiary/aromatic N) is 2. The van der Waals surface area contributed by atoms with E-state index in [9.17, 15) is 0 Å². The molecule has 1 unspecified atom stereocenters. The van der Waals surface area contributed by atoms with Crippen LogP contribution in [-0.4, -0.2) is 29.0 Å². The van der Waals surface area contributed by atoms with Gasteiger partial charge in [0.25, 0.3) is 0 Å². The largest absolute Gasteiger partial charge is 0.409 e. The minimum Gasteiger partial charge on any atom is -0.409 e. The van der Waals surface area contributed by atoms with Crippen LogP contribution in [0, 0.1) is 5.92 Å². The lowest BCUT2D eigenvalue weighted by atomic mass is 10.1. The molecule has 1 fully saturated rings. The zero-order chi connectivity index (χ0) is 13.0. The van der Waals surface area contributed by atoms with Crippen LogP contribution < -0.4 is 5.73 Å². The van der Waals surface area contributed by atoms with Gasteiger partial charge in [0.15, 0.2) is 5.84 Å². The van der Waals surface area contributed by atoms with Crippen LogP contribution in [0.5, 0.6) is 0 Å². The van der Waals surface area contributed by atoms with Gasteiger partial charge in [-0.1, -0.05) is 36.7 Å². The Kier molecular flexibility index (Phi) is 4.20. The molecule has 0 aromatic heterocycles. The molecule has 98 valence electrons.